The normalized spacial score (nSPS) is 11.1. The monoisotopic (exact) mass is 305 g/mol. The largest absolute Gasteiger partial charge is 0.493 e. The number of benzene rings is 1. The van der Waals surface area contributed by atoms with Crippen LogP contribution in [0.25, 0.3) is 0 Å². The summed E-state index contributed by atoms with van der Waals surface area (Å²) >= 11 is 0. The lowest BCUT2D eigenvalue weighted by Gasteiger charge is -2.15. The van der Waals surface area contributed by atoms with Crippen molar-refractivity contribution in [2.75, 3.05) is 19.0 Å². The van der Waals surface area contributed by atoms with Gasteiger partial charge in [0, 0.05) is 5.69 Å². The quantitative estimate of drug-likeness (QED) is 0.790. The Morgan fingerprint density at radius 2 is 2.00 bits per heavy atom. The van der Waals surface area contributed by atoms with Crippen molar-refractivity contribution in [3.8, 4) is 5.75 Å². The molecule has 1 aromatic rings. The molecule has 0 radical (unpaired) electrons. The lowest BCUT2D eigenvalue weighted by molar-refractivity contribution is -0.138. The van der Waals surface area contributed by atoms with Gasteiger partial charge in [-0.15, -0.1) is 0 Å². The standard InChI is InChI=1S/C14H18F3NO3/c1-3-4-5-8-21-12-7-6-10(18-13(19)20-2)9-11(12)14(15,16)17/h6-7,9H,3-5,8H2,1-2H3,(H,18,19). The molecule has 0 bridgehead atoms. The number of hydrogen-bond acceptors (Lipinski definition) is 3. The van der Waals surface area contributed by atoms with Gasteiger partial charge in [0.1, 0.15) is 5.75 Å². The lowest BCUT2D eigenvalue weighted by atomic mass is 10.1. The molecule has 0 spiro atoms. The minimum absolute atomic E-state index is 0.00455. The van der Waals surface area contributed by atoms with Gasteiger partial charge in [0.05, 0.1) is 19.3 Å². The van der Waals surface area contributed by atoms with Gasteiger partial charge in [0.2, 0.25) is 0 Å². The first-order chi connectivity index (χ1) is 9.88. The fourth-order valence-corrected chi connectivity index (χ4v) is 1.66. The molecule has 0 aliphatic carbocycles. The number of rotatable bonds is 6. The van der Waals surface area contributed by atoms with Crippen LogP contribution < -0.4 is 10.1 Å². The summed E-state index contributed by atoms with van der Waals surface area (Å²) < 4.78 is 48.5. The Morgan fingerprint density at radius 1 is 1.29 bits per heavy atom. The number of halogens is 3. The molecule has 0 saturated heterocycles. The van der Waals surface area contributed by atoms with Crippen LogP contribution in [0.15, 0.2) is 18.2 Å². The van der Waals surface area contributed by atoms with E-state index in [1.165, 1.54) is 12.1 Å². The molecule has 118 valence electrons. The summed E-state index contributed by atoms with van der Waals surface area (Å²) in [7, 11) is 1.13. The predicted octanol–water partition coefficient (Wildman–Crippen LogP) is 4.45. The summed E-state index contributed by atoms with van der Waals surface area (Å²) in [6.07, 6.45) is -2.86. The van der Waals surface area contributed by atoms with Crippen LogP contribution in [-0.4, -0.2) is 19.8 Å². The van der Waals surface area contributed by atoms with Gasteiger partial charge in [-0.05, 0) is 24.6 Å². The first-order valence-electron chi connectivity index (χ1n) is 6.57. The van der Waals surface area contributed by atoms with Crippen molar-refractivity contribution in [3.05, 3.63) is 23.8 Å². The summed E-state index contributed by atoms with van der Waals surface area (Å²) in [6, 6.07) is 3.35. The molecule has 1 rings (SSSR count). The minimum Gasteiger partial charge on any atom is -0.493 e. The summed E-state index contributed by atoms with van der Waals surface area (Å²) in [5.41, 5.74) is -0.928. The molecule has 0 fully saturated rings. The number of amides is 1. The molecular formula is C14H18F3NO3. The van der Waals surface area contributed by atoms with Crippen molar-refractivity contribution in [1.82, 2.24) is 0 Å². The zero-order valence-corrected chi connectivity index (χ0v) is 11.9. The number of hydrogen-bond donors (Lipinski definition) is 1. The Balaban J connectivity index is 2.89. The van der Waals surface area contributed by atoms with E-state index in [0.29, 0.717) is 6.42 Å². The van der Waals surface area contributed by atoms with Crippen LogP contribution in [0, 0.1) is 0 Å². The molecule has 7 heteroatoms. The fraction of sp³-hybridized carbons (Fsp3) is 0.500. The minimum atomic E-state index is -4.56. The average molecular weight is 305 g/mol. The molecule has 4 nitrogen and oxygen atoms in total. The van der Waals surface area contributed by atoms with Gasteiger partial charge < -0.3 is 9.47 Å². The zero-order valence-electron chi connectivity index (χ0n) is 11.9. The van der Waals surface area contributed by atoms with E-state index < -0.39 is 17.8 Å². The zero-order chi connectivity index (χ0) is 15.9. The highest BCUT2D eigenvalue weighted by Gasteiger charge is 2.34. The van der Waals surface area contributed by atoms with E-state index in [1.807, 2.05) is 6.92 Å². The number of anilines is 1. The molecular weight excluding hydrogens is 287 g/mol. The van der Waals surface area contributed by atoms with Gasteiger partial charge in [0.15, 0.2) is 0 Å². The smallest absolute Gasteiger partial charge is 0.420 e. The second-order valence-electron chi connectivity index (χ2n) is 4.38. The summed E-state index contributed by atoms with van der Waals surface area (Å²) in [4.78, 5) is 11.0. The van der Waals surface area contributed by atoms with Crippen molar-refractivity contribution in [3.63, 3.8) is 0 Å². The molecule has 0 aliphatic heterocycles. The van der Waals surface area contributed by atoms with Crippen LogP contribution in [0.2, 0.25) is 0 Å². The number of alkyl halides is 3. The van der Waals surface area contributed by atoms with Crippen molar-refractivity contribution < 1.29 is 27.4 Å². The van der Waals surface area contributed by atoms with Gasteiger partial charge in [-0.3, -0.25) is 5.32 Å². The van der Waals surface area contributed by atoms with Gasteiger partial charge in [-0.1, -0.05) is 19.8 Å². The first-order valence-corrected chi connectivity index (χ1v) is 6.57. The second-order valence-corrected chi connectivity index (χ2v) is 4.38. The van der Waals surface area contributed by atoms with E-state index in [0.717, 1.165) is 26.0 Å². The SMILES string of the molecule is CCCCCOc1ccc(NC(=O)OC)cc1C(F)(F)F. The van der Waals surface area contributed by atoms with Crippen LogP contribution >= 0.6 is 0 Å². The van der Waals surface area contributed by atoms with E-state index in [4.69, 9.17) is 4.74 Å². The predicted molar refractivity (Wildman–Crippen MR) is 72.5 cm³/mol. The molecule has 0 aliphatic rings. The molecule has 0 saturated carbocycles. The Bertz CT molecular complexity index is 475. The number of ether oxygens (including phenoxy) is 2. The van der Waals surface area contributed by atoms with Crippen molar-refractivity contribution in [1.29, 1.82) is 0 Å². The number of nitrogens with one attached hydrogen (secondary N) is 1. The van der Waals surface area contributed by atoms with Crippen LogP contribution in [0.5, 0.6) is 5.75 Å². The maximum Gasteiger partial charge on any atom is 0.420 e. The van der Waals surface area contributed by atoms with E-state index >= 15 is 0 Å². The fourth-order valence-electron chi connectivity index (χ4n) is 1.66. The molecule has 0 atom stereocenters. The third kappa shape index (κ3) is 5.53. The van der Waals surface area contributed by atoms with E-state index in [1.54, 1.807) is 0 Å². The van der Waals surface area contributed by atoms with Crippen LogP contribution in [0.3, 0.4) is 0 Å². The number of unbranched alkanes of at least 4 members (excludes halogenated alkanes) is 2. The molecule has 0 unspecified atom stereocenters. The highest BCUT2D eigenvalue weighted by molar-refractivity contribution is 5.84. The Kier molecular flexibility index (Phi) is 6.33. The third-order valence-electron chi connectivity index (χ3n) is 2.72. The number of carbonyl (C=O) groups is 1. The van der Waals surface area contributed by atoms with Crippen LogP contribution in [0.4, 0.5) is 23.7 Å². The Hall–Kier alpha value is -1.92. The summed E-state index contributed by atoms with van der Waals surface area (Å²) in [5, 5.41) is 2.19. The van der Waals surface area contributed by atoms with E-state index in [2.05, 4.69) is 10.1 Å². The Labute approximate surface area is 121 Å². The topological polar surface area (TPSA) is 47.6 Å². The summed E-state index contributed by atoms with van der Waals surface area (Å²) in [6.45, 7) is 2.22. The van der Waals surface area contributed by atoms with E-state index in [9.17, 15) is 18.0 Å². The molecule has 1 N–H and O–H groups in total. The van der Waals surface area contributed by atoms with Crippen molar-refractivity contribution in [2.24, 2.45) is 0 Å². The maximum atomic E-state index is 13.0. The van der Waals surface area contributed by atoms with Crippen molar-refractivity contribution in [2.45, 2.75) is 32.4 Å². The molecule has 0 aromatic heterocycles. The first kappa shape index (κ1) is 17.1. The highest BCUT2D eigenvalue weighted by Crippen LogP contribution is 2.38. The van der Waals surface area contributed by atoms with Gasteiger partial charge in [-0.2, -0.15) is 13.2 Å². The molecule has 21 heavy (non-hydrogen) atoms. The van der Waals surface area contributed by atoms with Crippen LogP contribution in [-0.2, 0) is 10.9 Å². The maximum absolute atomic E-state index is 13.0. The molecule has 1 aromatic carbocycles. The van der Waals surface area contributed by atoms with Crippen LogP contribution in [0.1, 0.15) is 31.7 Å². The van der Waals surface area contributed by atoms with Gasteiger partial charge in [0.25, 0.3) is 0 Å². The third-order valence-corrected chi connectivity index (χ3v) is 2.72. The number of methoxy groups -OCH3 is 1. The highest BCUT2D eigenvalue weighted by atomic mass is 19.4. The van der Waals surface area contributed by atoms with Gasteiger partial charge in [-0.25, -0.2) is 4.79 Å². The number of carbonyl (C=O) groups excluding carboxylic acids is 1. The molecule has 1 amide bonds. The van der Waals surface area contributed by atoms with Crippen molar-refractivity contribution >= 4 is 11.8 Å². The average Bonchev–Trinajstić information content (AvgIpc) is 2.43. The summed E-state index contributed by atoms with van der Waals surface area (Å²) in [5.74, 6) is -0.242. The van der Waals surface area contributed by atoms with E-state index in [-0.39, 0.29) is 18.0 Å². The van der Waals surface area contributed by atoms with Gasteiger partial charge >= 0.3 is 12.3 Å². The second kappa shape index (κ2) is 7.75. The Morgan fingerprint density at radius 3 is 2.57 bits per heavy atom. The lowest BCUT2D eigenvalue weighted by Crippen LogP contribution is -2.14. The molecule has 0 heterocycles.